The molecule has 0 amide bonds. The second-order valence-corrected chi connectivity index (χ2v) is 5.20. The fraction of sp³-hybridized carbons (Fsp3) is 0.500. The predicted octanol–water partition coefficient (Wildman–Crippen LogP) is 1.63. The first-order chi connectivity index (χ1) is 9.67. The van der Waals surface area contributed by atoms with Crippen LogP contribution in [-0.4, -0.2) is 50.2 Å². The smallest absolute Gasteiger partial charge is 0.337 e. The normalized spacial score (nSPS) is 17.6. The maximum atomic E-state index is 11.0. The van der Waals surface area contributed by atoms with Crippen LogP contribution in [-0.2, 0) is 0 Å². The number of carbonyl (C=O) groups is 1. The van der Waals surface area contributed by atoms with Gasteiger partial charge in [-0.1, -0.05) is 6.92 Å². The molecule has 2 aromatic rings. The molecule has 1 fully saturated rings. The van der Waals surface area contributed by atoms with Gasteiger partial charge in [-0.15, -0.1) is 0 Å². The topological polar surface area (TPSA) is 70.7 Å². The standard InChI is InChI=1S/C14H18N4O2/c1-2-17-7-5-10(6-8-17)13-15-12-4-3-11(14(19)20)9-18(12)16-13/h3-4,9-10H,2,5-8H2,1H3,(H,19,20). The number of aromatic carboxylic acids is 1. The minimum atomic E-state index is -0.944. The molecule has 3 heterocycles. The quantitative estimate of drug-likeness (QED) is 0.921. The summed E-state index contributed by atoms with van der Waals surface area (Å²) in [5.41, 5.74) is 0.942. The minimum absolute atomic E-state index is 0.231. The number of carboxylic acid groups (broad SMARTS) is 1. The molecular weight excluding hydrogens is 256 g/mol. The molecule has 106 valence electrons. The highest BCUT2D eigenvalue weighted by atomic mass is 16.4. The summed E-state index contributed by atoms with van der Waals surface area (Å²) in [6.45, 7) is 5.43. The van der Waals surface area contributed by atoms with E-state index < -0.39 is 5.97 Å². The Morgan fingerprint density at radius 3 is 2.80 bits per heavy atom. The average molecular weight is 274 g/mol. The van der Waals surface area contributed by atoms with E-state index in [1.54, 1.807) is 16.6 Å². The first kappa shape index (κ1) is 13.1. The van der Waals surface area contributed by atoms with E-state index in [1.165, 1.54) is 6.20 Å². The Labute approximate surface area is 117 Å². The van der Waals surface area contributed by atoms with E-state index in [2.05, 4.69) is 21.9 Å². The number of aromatic nitrogens is 3. The molecule has 0 bridgehead atoms. The summed E-state index contributed by atoms with van der Waals surface area (Å²) in [7, 11) is 0. The highest BCUT2D eigenvalue weighted by molar-refractivity contribution is 5.87. The van der Waals surface area contributed by atoms with E-state index in [0.717, 1.165) is 38.3 Å². The summed E-state index contributed by atoms with van der Waals surface area (Å²) in [5.74, 6) is 0.273. The van der Waals surface area contributed by atoms with Crippen molar-refractivity contribution >= 4 is 11.6 Å². The molecule has 1 saturated heterocycles. The number of likely N-dealkylation sites (tertiary alicyclic amines) is 1. The van der Waals surface area contributed by atoms with Crippen molar-refractivity contribution in [2.45, 2.75) is 25.7 Å². The van der Waals surface area contributed by atoms with Gasteiger partial charge in [-0.3, -0.25) is 0 Å². The zero-order valence-electron chi connectivity index (χ0n) is 11.5. The highest BCUT2D eigenvalue weighted by Crippen LogP contribution is 2.25. The van der Waals surface area contributed by atoms with E-state index in [0.29, 0.717) is 11.6 Å². The van der Waals surface area contributed by atoms with Crippen molar-refractivity contribution in [1.29, 1.82) is 0 Å². The van der Waals surface area contributed by atoms with Gasteiger partial charge in [-0.25, -0.2) is 14.3 Å². The lowest BCUT2D eigenvalue weighted by atomic mass is 9.96. The summed E-state index contributed by atoms with van der Waals surface area (Å²) in [4.78, 5) is 17.9. The number of carboxylic acids is 1. The van der Waals surface area contributed by atoms with Gasteiger partial charge in [0.05, 0.1) is 5.56 Å². The predicted molar refractivity (Wildman–Crippen MR) is 74.0 cm³/mol. The van der Waals surface area contributed by atoms with Gasteiger partial charge in [-0.2, -0.15) is 5.10 Å². The minimum Gasteiger partial charge on any atom is -0.478 e. The zero-order valence-corrected chi connectivity index (χ0v) is 11.5. The van der Waals surface area contributed by atoms with Crippen LogP contribution in [0.4, 0.5) is 0 Å². The van der Waals surface area contributed by atoms with Crippen molar-refractivity contribution in [3.05, 3.63) is 29.7 Å². The fourth-order valence-corrected chi connectivity index (χ4v) is 2.71. The molecule has 0 unspecified atom stereocenters. The first-order valence-electron chi connectivity index (χ1n) is 6.99. The van der Waals surface area contributed by atoms with Crippen molar-refractivity contribution in [2.24, 2.45) is 0 Å². The molecule has 0 aliphatic carbocycles. The van der Waals surface area contributed by atoms with Gasteiger partial charge in [0, 0.05) is 12.1 Å². The SMILES string of the molecule is CCN1CCC(c2nc3ccc(C(=O)O)cn3n2)CC1. The van der Waals surface area contributed by atoms with Gasteiger partial charge < -0.3 is 10.0 Å². The van der Waals surface area contributed by atoms with Gasteiger partial charge in [-0.05, 0) is 44.6 Å². The molecule has 20 heavy (non-hydrogen) atoms. The number of hydrogen-bond donors (Lipinski definition) is 1. The van der Waals surface area contributed by atoms with E-state index in [-0.39, 0.29) is 5.56 Å². The van der Waals surface area contributed by atoms with Crippen molar-refractivity contribution in [2.75, 3.05) is 19.6 Å². The molecule has 6 nitrogen and oxygen atoms in total. The molecule has 0 aromatic carbocycles. The molecule has 0 saturated carbocycles. The molecule has 1 aliphatic rings. The van der Waals surface area contributed by atoms with Crippen LogP contribution in [0.1, 0.15) is 41.9 Å². The molecule has 0 radical (unpaired) electrons. The van der Waals surface area contributed by atoms with Crippen LogP contribution in [0.15, 0.2) is 18.3 Å². The summed E-state index contributed by atoms with van der Waals surface area (Å²) < 4.78 is 1.57. The average Bonchev–Trinajstić information content (AvgIpc) is 2.90. The Morgan fingerprint density at radius 1 is 1.40 bits per heavy atom. The van der Waals surface area contributed by atoms with E-state index in [9.17, 15) is 4.79 Å². The van der Waals surface area contributed by atoms with Crippen molar-refractivity contribution in [3.8, 4) is 0 Å². The van der Waals surface area contributed by atoms with Gasteiger partial charge in [0.25, 0.3) is 0 Å². The zero-order chi connectivity index (χ0) is 14.1. The molecular formula is C14H18N4O2. The number of piperidine rings is 1. The van der Waals surface area contributed by atoms with Crippen LogP contribution >= 0.6 is 0 Å². The molecule has 2 aromatic heterocycles. The van der Waals surface area contributed by atoms with Crippen LogP contribution in [0.2, 0.25) is 0 Å². The van der Waals surface area contributed by atoms with E-state index >= 15 is 0 Å². The Hall–Kier alpha value is -1.95. The maximum absolute atomic E-state index is 11.0. The lowest BCUT2D eigenvalue weighted by Crippen LogP contribution is -2.32. The molecule has 0 spiro atoms. The maximum Gasteiger partial charge on any atom is 0.337 e. The molecule has 0 atom stereocenters. The van der Waals surface area contributed by atoms with Crippen LogP contribution in [0.5, 0.6) is 0 Å². The van der Waals surface area contributed by atoms with Gasteiger partial charge >= 0.3 is 5.97 Å². The molecule has 1 aliphatic heterocycles. The number of nitrogens with zero attached hydrogens (tertiary/aromatic N) is 4. The van der Waals surface area contributed by atoms with Gasteiger partial charge in [0.15, 0.2) is 11.5 Å². The number of rotatable bonds is 3. The third kappa shape index (κ3) is 2.38. The Bertz CT molecular complexity index is 629. The highest BCUT2D eigenvalue weighted by Gasteiger charge is 2.23. The van der Waals surface area contributed by atoms with E-state index in [4.69, 9.17) is 5.11 Å². The van der Waals surface area contributed by atoms with Crippen molar-refractivity contribution < 1.29 is 9.90 Å². The summed E-state index contributed by atoms with van der Waals surface area (Å²) in [5, 5.41) is 13.4. The molecule has 3 rings (SSSR count). The summed E-state index contributed by atoms with van der Waals surface area (Å²) in [6.07, 6.45) is 3.66. The Kier molecular flexibility index (Phi) is 3.40. The third-order valence-electron chi connectivity index (χ3n) is 3.99. The second kappa shape index (κ2) is 5.20. The van der Waals surface area contributed by atoms with Gasteiger partial charge in [0.1, 0.15) is 0 Å². The van der Waals surface area contributed by atoms with Crippen LogP contribution in [0.25, 0.3) is 5.65 Å². The first-order valence-corrected chi connectivity index (χ1v) is 6.99. The molecule has 1 N–H and O–H groups in total. The third-order valence-corrected chi connectivity index (χ3v) is 3.99. The molecule has 6 heteroatoms. The Balaban J connectivity index is 1.84. The van der Waals surface area contributed by atoms with Crippen LogP contribution in [0.3, 0.4) is 0 Å². The monoisotopic (exact) mass is 274 g/mol. The fourth-order valence-electron chi connectivity index (χ4n) is 2.71. The number of hydrogen-bond acceptors (Lipinski definition) is 4. The number of fused-ring (bicyclic) bond motifs is 1. The van der Waals surface area contributed by atoms with Gasteiger partial charge in [0.2, 0.25) is 0 Å². The lowest BCUT2D eigenvalue weighted by molar-refractivity contribution is 0.0696. The van der Waals surface area contributed by atoms with Crippen LogP contribution in [0, 0.1) is 0 Å². The van der Waals surface area contributed by atoms with Crippen molar-refractivity contribution in [3.63, 3.8) is 0 Å². The number of pyridine rings is 1. The summed E-state index contributed by atoms with van der Waals surface area (Å²) >= 11 is 0. The largest absolute Gasteiger partial charge is 0.478 e. The Morgan fingerprint density at radius 2 is 2.15 bits per heavy atom. The van der Waals surface area contributed by atoms with E-state index in [1.807, 2.05) is 0 Å². The summed E-state index contributed by atoms with van der Waals surface area (Å²) in [6, 6.07) is 3.27. The van der Waals surface area contributed by atoms with Crippen LogP contribution < -0.4 is 0 Å². The lowest BCUT2D eigenvalue weighted by Gasteiger charge is -2.29. The van der Waals surface area contributed by atoms with Crippen molar-refractivity contribution in [1.82, 2.24) is 19.5 Å². The second-order valence-electron chi connectivity index (χ2n) is 5.20.